The molecule has 9 nitrogen and oxygen atoms in total. The Morgan fingerprint density at radius 2 is 1.02 bits per heavy atom. The molecule has 0 fully saturated rings. The summed E-state index contributed by atoms with van der Waals surface area (Å²) in [6.45, 7) is 3.32. The Morgan fingerprint density at radius 3 is 1.54 bits per heavy atom. The lowest BCUT2D eigenvalue weighted by molar-refractivity contribution is -0.150. The fourth-order valence-electron chi connectivity index (χ4n) is 6.15. The summed E-state index contributed by atoms with van der Waals surface area (Å²) in [5, 5.41) is 22.5. The minimum atomic E-state index is -1.39. The number of aliphatic hydroxyl groups excluding tert-OH is 1. The normalized spacial score (nSPS) is 13.1. The second kappa shape index (κ2) is 41.2. The number of ether oxygens (including phenoxy) is 1. The smallest absolute Gasteiger partial charge is 0.328 e. The number of unbranched alkanes of at least 4 members (excludes halogenated alkanes) is 15. The first-order chi connectivity index (χ1) is 27.3. The molecule has 0 aliphatic heterocycles. The summed E-state index contributed by atoms with van der Waals surface area (Å²) in [6, 6.07) is -1.39. The van der Waals surface area contributed by atoms with Crippen LogP contribution in [0, 0.1) is 0 Å². The van der Waals surface area contributed by atoms with Crippen LogP contribution in [0.2, 0.25) is 0 Å². The molecule has 0 radical (unpaired) electrons. The summed E-state index contributed by atoms with van der Waals surface area (Å²) in [4.78, 5) is 47.5. The van der Waals surface area contributed by atoms with Gasteiger partial charge in [-0.25, -0.2) is 4.79 Å². The summed E-state index contributed by atoms with van der Waals surface area (Å²) in [6.07, 6.45) is 49.8. The van der Waals surface area contributed by atoms with Crippen molar-refractivity contribution in [3.8, 4) is 0 Å². The molecule has 0 spiro atoms. The van der Waals surface area contributed by atoms with Crippen molar-refractivity contribution in [1.82, 2.24) is 10.6 Å². The van der Waals surface area contributed by atoms with Gasteiger partial charge in [-0.2, -0.15) is 0 Å². The van der Waals surface area contributed by atoms with Crippen molar-refractivity contribution in [3.05, 3.63) is 60.8 Å². The maximum atomic E-state index is 12.7. The fraction of sp³-hybridized carbons (Fsp3) is 0.702. The maximum Gasteiger partial charge on any atom is 0.328 e. The molecule has 2 amide bonds. The van der Waals surface area contributed by atoms with E-state index in [2.05, 4.69) is 85.2 Å². The van der Waals surface area contributed by atoms with Gasteiger partial charge in [-0.15, -0.1) is 0 Å². The minimum absolute atomic E-state index is 0.0491. The minimum Gasteiger partial charge on any atom is -0.480 e. The number of carboxylic acid groups (broad SMARTS) is 1. The third kappa shape index (κ3) is 37.5. The predicted octanol–water partition coefficient (Wildman–Crippen LogP) is 10.9. The molecule has 2 atom stereocenters. The zero-order valence-corrected chi connectivity index (χ0v) is 35.4. The van der Waals surface area contributed by atoms with Crippen molar-refractivity contribution in [3.63, 3.8) is 0 Å². The van der Waals surface area contributed by atoms with Gasteiger partial charge in [-0.05, 0) is 83.5 Å². The Hall–Kier alpha value is -3.46. The molecule has 0 aliphatic carbocycles. The van der Waals surface area contributed by atoms with Gasteiger partial charge in [0.1, 0.15) is 12.1 Å². The average molecular weight is 785 g/mol. The highest BCUT2D eigenvalue weighted by atomic mass is 16.5. The third-order valence-corrected chi connectivity index (χ3v) is 9.53. The number of aliphatic hydroxyl groups is 1. The first-order valence-electron chi connectivity index (χ1n) is 22.2. The van der Waals surface area contributed by atoms with Crippen molar-refractivity contribution in [2.45, 2.75) is 199 Å². The molecular formula is C47H80N2O7. The van der Waals surface area contributed by atoms with Gasteiger partial charge < -0.3 is 25.6 Å². The molecule has 320 valence electrons. The van der Waals surface area contributed by atoms with E-state index in [4.69, 9.17) is 14.9 Å². The predicted molar refractivity (Wildman–Crippen MR) is 231 cm³/mol. The van der Waals surface area contributed by atoms with Gasteiger partial charge in [0, 0.05) is 12.8 Å². The number of amides is 2. The molecule has 0 saturated heterocycles. The zero-order valence-electron chi connectivity index (χ0n) is 35.4. The fourth-order valence-corrected chi connectivity index (χ4v) is 6.15. The highest BCUT2D eigenvalue weighted by Crippen LogP contribution is 2.18. The number of carbonyl (C=O) groups excluding carboxylic acids is 3. The van der Waals surface area contributed by atoms with Gasteiger partial charge >= 0.3 is 11.9 Å². The van der Waals surface area contributed by atoms with Gasteiger partial charge in [-0.3, -0.25) is 14.4 Å². The van der Waals surface area contributed by atoms with E-state index in [-0.39, 0.29) is 30.9 Å². The molecule has 2 unspecified atom stereocenters. The lowest BCUT2D eigenvalue weighted by Gasteiger charge is -2.18. The van der Waals surface area contributed by atoms with E-state index in [1.165, 1.54) is 57.8 Å². The van der Waals surface area contributed by atoms with Crippen LogP contribution in [0.3, 0.4) is 0 Å². The molecule has 56 heavy (non-hydrogen) atoms. The number of aliphatic carboxylic acids is 1. The standard InChI is InChI=1S/C47H80N2O7/c1-3-5-7-9-11-12-13-14-15-16-17-18-19-20-21-22-23-24-25-26-27-29-35-39-46(53)56-42(36-32-28-10-8-6-4-2)37-33-30-31-34-38-44(51)48-40-45(52)49-43(41-50)47(54)55/h5,7,11-12,14-15,17-18,20-21,42-43,50H,3-4,6,8-10,13,16,19,22-41H2,1-2H3,(H,48,51)(H,49,52)(H,54,55)/b7-5-,12-11-,15-14-,18-17-,21-20-. The number of carbonyl (C=O) groups is 4. The summed E-state index contributed by atoms with van der Waals surface area (Å²) in [7, 11) is 0. The molecular weight excluding hydrogens is 705 g/mol. The van der Waals surface area contributed by atoms with E-state index in [0.29, 0.717) is 12.8 Å². The molecule has 9 heteroatoms. The van der Waals surface area contributed by atoms with Crippen molar-refractivity contribution >= 4 is 23.8 Å². The van der Waals surface area contributed by atoms with E-state index in [0.717, 1.165) is 96.3 Å². The lowest BCUT2D eigenvalue weighted by atomic mass is 10.0. The quantitative estimate of drug-likeness (QED) is 0.0276. The van der Waals surface area contributed by atoms with Crippen molar-refractivity contribution in [2.24, 2.45) is 0 Å². The second-order valence-electron chi connectivity index (χ2n) is 14.8. The maximum absolute atomic E-state index is 12.7. The molecule has 0 bridgehead atoms. The van der Waals surface area contributed by atoms with Crippen LogP contribution in [-0.2, 0) is 23.9 Å². The van der Waals surface area contributed by atoms with Gasteiger partial charge in [0.15, 0.2) is 0 Å². The van der Waals surface area contributed by atoms with Gasteiger partial charge in [0.2, 0.25) is 11.8 Å². The lowest BCUT2D eigenvalue weighted by Crippen LogP contribution is -2.47. The molecule has 0 heterocycles. The highest BCUT2D eigenvalue weighted by Gasteiger charge is 2.19. The number of hydrogen-bond donors (Lipinski definition) is 4. The summed E-state index contributed by atoms with van der Waals surface area (Å²) < 4.78 is 5.97. The summed E-state index contributed by atoms with van der Waals surface area (Å²) in [5.74, 6) is -2.35. The molecule has 4 N–H and O–H groups in total. The monoisotopic (exact) mass is 785 g/mol. The van der Waals surface area contributed by atoms with E-state index in [9.17, 15) is 19.2 Å². The van der Waals surface area contributed by atoms with E-state index >= 15 is 0 Å². The number of hydrogen-bond acceptors (Lipinski definition) is 6. The van der Waals surface area contributed by atoms with E-state index < -0.39 is 24.5 Å². The Labute approximate surface area is 341 Å². The molecule has 0 aliphatic rings. The number of carboxylic acids is 1. The number of nitrogens with one attached hydrogen (secondary N) is 2. The van der Waals surface area contributed by atoms with Crippen LogP contribution in [0.1, 0.15) is 187 Å². The van der Waals surface area contributed by atoms with E-state index in [1.54, 1.807) is 0 Å². The summed E-state index contributed by atoms with van der Waals surface area (Å²) in [5.41, 5.74) is 0. The number of esters is 1. The first-order valence-corrected chi connectivity index (χ1v) is 22.2. The number of rotatable bonds is 39. The Bertz CT molecular complexity index is 1130. The Kier molecular flexibility index (Phi) is 38.6. The SMILES string of the molecule is CC/C=C\C/C=C\C/C=C\C/C=C\C/C=C\CCCCCCCCCC(=O)OC(CCCCCCCC)CCCCCCC(=O)NCC(=O)NC(CO)C(=O)O. The van der Waals surface area contributed by atoms with Crippen molar-refractivity contribution < 1.29 is 34.1 Å². The number of allylic oxidation sites excluding steroid dienone is 10. The third-order valence-electron chi connectivity index (χ3n) is 9.53. The van der Waals surface area contributed by atoms with Crippen LogP contribution in [0.5, 0.6) is 0 Å². The van der Waals surface area contributed by atoms with Gasteiger partial charge in [0.05, 0.1) is 13.2 Å². The zero-order chi connectivity index (χ0) is 41.2. The van der Waals surface area contributed by atoms with Gasteiger partial charge in [-0.1, -0.05) is 152 Å². The van der Waals surface area contributed by atoms with Crippen LogP contribution in [0.25, 0.3) is 0 Å². The van der Waals surface area contributed by atoms with Crippen molar-refractivity contribution in [1.29, 1.82) is 0 Å². The molecule has 0 aromatic heterocycles. The van der Waals surface area contributed by atoms with Gasteiger partial charge in [0.25, 0.3) is 0 Å². The van der Waals surface area contributed by atoms with Crippen LogP contribution in [-0.4, -0.2) is 59.3 Å². The van der Waals surface area contributed by atoms with Crippen molar-refractivity contribution in [2.75, 3.05) is 13.2 Å². The Balaban J connectivity index is 4.09. The highest BCUT2D eigenvalue weighted by molar-refractivity contribution is 5.87. The summed E-state index contributed by atoms with van der Waals surface area (Å²) >= 11 is 0. The van der Waals surface area contributed by atoms with E-state index in [1.807, 2.05) is 0 Å². The van der Waals surface area contributed by atoms with Crippen LogP contribution in [0.15, 0.2) is 60.8 Å². The first kappa shape index (κ1) is 52.5. The molecule has 0 aromatic carbocycles. The van der Waals surface area contributed by atoms with Crippen LogP contribution < -0.4 is 10.6 Å². The largest absolute Gasteiger partial charge is 0.480 e. The van der Waals surface area contributed by atoms with Crippen LogP contribution >= 0.6 is 0 Å². The molecule has 0 rings (SSSR count). The molecule has 0 saturated carbocycles. The van der Waals surface area contributed by atoms with Crippen LogP contribution in [0.4, 0.5) is 0 Å². The average Bonchev–Trinajstić information content (AvgIpc) is 3.18. The molecule has 0 aromatic rings. The Morgan fingerprint density at radius 1 is 0.554 bits per heavy atom. The second-order valence-corrected chi connectivity index (χ2v) is 14.8. The topological polar surface area (TPSA) is 142 Å².